The first-order valence-corrected chi connectivity index (χ1v) is 8.32. The van der Waals surface area contributed by atoms with Gasteiger partial charge >= 0.3 is 6.03 Å². The van der Waals surface area contributed by atoms with Crippen LogP contribution in [0.2, 0.25) is 0 Å². The van der Waals surface area contributed by atoms with Gasteiger partial charge < -0.3 is 15.1 Å². The van der Waals surface area contributed by atoms with Gasteiger partial charge in [0, 0.05) is 30.9 Å². The van der Waals surface area contributed by atoms with Crippen molar-refractivity contribution in [2.45, 2.75) is 39.8 Å². The molecule has 1 atom stereocenters. The summed E-state index contributed by atoms with van der Waals surface area (Å²) in [5.74, 6) is -0.265. The van der Waals surface area contributed by atoms with E-state index in [9.17, 15) is 9.59 Å². The molecule has 1 aromatic carbocycles. The number of urea groups is 1. The van der Waals surface area contributed by atoms with Crippen molar-refractivity contribution in [1.82, 2.24) is 10.6 Å². The normalized spacial score (nSPS) is 12.4. The number of rotatable bonds is 6. The van der Waals surface area contributed by atoms with E-state index in [0.717, 1.165) is 23.7 Å². The number of likely N-dealkylation sites (N-methyl/N-ethyl adjacent to an activating group) is 1. The Labute approximate surface area is 145 Å². The molecule has 3 N–H and O–H groups in total. The van der Waals surface area contributed by atoms with Crippen LogP contribution in [0, 0.1) is 0 Å². The summed E-state index contributed by atoms with van der Waals surface area (Å²) in [5, 5.41) is 5.12. The van der Waals surface area contributed by atoms with Gasteiger partial charge in [-0.25, -0.2) is 4.79 Å². The van der Waals surface area contributed by atoms with E-state index in [0.29, 0.717) is 0 Å². The van der Waals surface area contributed by atoms with Gasteiger partial charge in [0.2, 0.25) is 0 Å². The fraction of sp³-hybridized carbons (Fsp3) is 0.556. The fourth-order valence-electron chi connectivity index (χ4n) is 2.28. The molecule has 3 amide bonds. The summed E-state index contributed by atoms with van der Waals surface area (Å²) >= 11 is 0. The number of carbonyl (C=O) groups excluding carboxylic acids is 2. The van der Waals surface area contributed by atoms with Crippen molar-refractivity contribution in [3.8, 4) is 0 Å². The number of quaternary nitrogens is 1. The Morgan fingerprint density at radius 3 is 2.17 bits per heavy atom. The van der Waals surface area contributed by atoms with Crippen LogP contribution < -0.4 is 20.4 Å². The number of hydrogen-bond acceptors (Lipinski definition) is 3. The third-order valence-corrected chi connectivity index (χ3v) is 3.56. The Morgan fingerprint density at radius 2 is 1.71 bits per heavy atom. The zero-order valence-electron chi connectivity index (χ0n) is 15.7. The quantitative estimate of drug-likeness (QED) is 0.720. The van der Waals surface area contributed by atoms with Crippen LogP contribution in [0.3, 0.4) is 0 Å². The summed E-state index contributed by atoms with van der Waals surface area (Å²) in [6, 6.07) is 7.85. The predicted octanol–water partition coefficient (Wildman–Crippen LogP) is 0.782. The van der Waals surface area contributed by atoms with Gasteiger partial charge in [-0.15, -0.1) is 0 Å². The first-order valence-electron chi connectivity index (χ1n) is 8.32. The number of nitrogens with zero attached hydrogens (tertiary/aromatic N) is 1. The third-order valence-electron chi connectivity index (χ3n) is 3.56. The molecule has 6 heteroatoms. The summed E-state index contributed by atoms with van der Waals surface area (Å²) in [4.78, 5) is 26.9. The first-order chi connectivity index (χ1) is 11.1. The minimum Gasteiger partial charge on any atom is -0.378 e. The Hall–Kier alpha value is -2.08. The van der Waals surface area contributed by atoms with E-state index in [1.807, 2.05) is 41.8 Å². The monoisotopic (exact) mass is 335 g/mol. The van der Waals surface area contributed by atoms with E-state index in [1.165, 1.54) is 5.56 Å². The molecule has 0 saturated heterocycles. The van der Waals surface area contributed by atoms with Crippen LogP contribution in [0.15, 0.2) is 24.3 Å². The summed E-state index contributed by atoms with van der Waals surface area (Å²) in [6.07, 6.45) is 0. The van der Waals surface area contributed by atoms with Crippen LogP contribution in [0.1, 0.15) is 33.3 Å². The summed E-state index contributed by atoms with van der Waals surface area (Å²) in [5.41, 5.74) is 1.95. The maximum absolute atomic E-state index is 12.0. The number of nitrogens with one attached hydrogen (secondary N) is 3. The Kier molecular flexibility index (Phi) is 7.22. The highest BCUT2D eigenvalue weighted by Crippen LogP contribution is 2.11. The summed E-state index contributed by atoms with van der Waals surface area (Å²) in [7, 11) is 4.01. The smallest absolute Gasteiger partial charge is 0.322 e. The first kappa shape index (κ1) is 20.0. The third kappa shape index (κ3) is 7.46. The van der Waals surface area contributed by atoms with Crippen molar-refractivity contribution in [3.05, 3.63) is 29.8 Å². The van der Waals surface area contributed by atoms with E-state index in [-0.39, 0.29) is 18.0 Å². The number of amides is 3. The number of benzene rings is 1. The van der Waals surface area contributed by atoms with E-state index in [1.54, 1.807) is 0 Å². The van der Waals surface area contributed by atoms with Gasteiger partial charge in [-0.05, 0) is 39.8 Å². The zero-order valence-corrected chi connectivity index (χ0v) is 15.7. The second kappa shape index (κ2) is 8.68. The molecule has 0 aliphatic carbocycles. The Balaban J connectivity index is 2.54. The molecule has 1 aromatic rings. The standard InChI is InChI=1S/C18H30N4O2/c1-7-22(12-14-8-10-15(11-9-14)21(5)6)13-16(23)19-17(24)20-18(2,3)4/h8-11H,7,12-13H2,1-6H3,(H2,19,20,23,24)/p+1. The molecule has 0 aliphatic rings. The van der Waals surface area contributed by atoms with Gasteiger partial charge in [-0.1, -0.05) is 12.1 Å². The fourth-order valence-corrected chi connectivity index (χ4v) is 2.28. The maximum Gasteiger partial charge on any atom is 0.322 e. The molecule has 6 nitrogen and oxygen atoms in total. The highest BCUT2D eigenvalue weighted by molar-refractivity contribution is 5.94. The Bertz CT molecular complexity index is 547. The van der Waals surface area contributed by atoms with Crippen molar-refractivity contribution in [2.75, 3.05) is 32.1 Å². The van der Waals surface area contributed by atoms with E-state index < -0.39 is 6.03 Å². The van der Waals surface area contributed by atoms with Gasteiger partial charge in [0.25, 0.3) is 5.91 Å². The van der Waals surface area contributed by atoms with Crippen molar-refractivity contribution < 1.29 is 14.5 Å². The van der Waals surface area contributed by atoms with Gasteiger partial charge in [0.15, 0.2) is 6.54 Å². The molecule has 24 heavy (non-hydrogen) atoms. The maximum atomic E-state index is 12.0. The molecule has 0 fully saturated rings. The van der Waals surface area contributed by atoms with Crippen LogP contribution in [-0.4, -0.2) is 44.7 Å². The molecule has 0 aliphatic heterocycles. The molecule has 0 aromatic heterocycles. The average Bonchev–Trinajstić information content (AvgIpc) is 2.44. The predicted molar refractivity (Wildman–Crippen MR) is 97.3 cm³/mol. The van der Waals surface area contributed by atoms with Crippen molar-refractivity contribution in [3.63, 3.8) is 0 Å². The number of hydrogen-bond donors (Lipinski definition) is 3. The lowest BCUT2D eigenvalue weighted by Crippen LogP contribution is -3.11. The molecule has 1 unspecified atom stereocenters. The minimum atomic E-state index is -0.446. The molecule has 134 valence electrons. The van der Waals surface area contributed by atoms with Crippen molar-refractivity contribution >= 4 is 17.6 Å². The largest absolute Gasteiger partial charge is 0.378 e. The van der Waals surface area contributed by atoms with Crippen LogP contribution >= 0.6 is 0 Å². The lowest BCUT2D eigenvalue weighted by atomic mass is 10.1. The Morgan fingerprint density at radius 1 is 1.12 bits per heavy atom. The van der Waals surface area contributed by atoms with Gasteiger partial charge in [-0.2, -0.15) is 0 Å². The van der Waals surface area contributed by atoms with Crippen LogP contribution in [0.5, 0.6) is 0 Å². The van der Waals surface area contributed by atoms with E-state index in [4.69, 9.17) is 0 Å². The van der Waals surface area contributed by atoms with Crippen LogP contribution in [0.4, 0.5) is 10.5 Å². The van der Waals surface area contributed by atoms with Gasteiger partial charge in [0.1, 0.15) is 6.54 Å². The minimum absolute atomic E-state index is 0.265. The zero-order chi connectivity index (χ0) is 18.3. The molecule has 0 heterocycles. The van der Waals surface area contributed by atoms with Crippen molar-refractivity contribution in [1.29, 1.82) is 0 Å². The van der Waals surface area contributed by atoms with E-state index in [2.05, 4.69) is 39.8 Å². The SMILES string of the molecule is CC[NH+](CC(=O)NC(=O)NC(C)(C)C)Cc1ccc(N(C)C)cc1. The van der Waals surface area contributed by atoms with Gasteiger partial charge in [-0.3, -0.25) is 10.1 Å². The summed E-state index contributed by atoms with van der Waals surface area (Å²) < 4.78 is 0. The van der Waals surface area contributed by atoms with Crippen molar-refractivity contribution in [2.24, 2.45) is 0 Å². The molecule has 0 saturated carbocycles. The second-order valence-corrected chi connectivity index (χ2v) is 7.27. The highest BCUT2D eigenvalue weighted by atomic mass is 16.2. The van der Waals surface area contributed by atoms with E-state index >= 15 is 0 Å². The molecular weight excluding hydrogens is 304 g/mol. The lowest BCUT2D eigenvalue weighted by Gasteiger charge is -2.21. The highest BCUT2D eigenvalue weighted by Gasteiger charge is 2.18. The second-order valence-electron chi connectivity index (χ2n) is 7.27. The van der Waals surface area contributed by atoms with Crippen LogP contribution in [0.25, 0.3) is 0 Å². The average molecular weight is 335 g/mol. The number of anilines is 1. The van der Waals surface area contributed by atoms with Gasteiger partial charge in [0.05, 0.1) is 6.54 Å². The number of imide groups is 1. The topological polar surface area (TPSA) is 65.9 Å². The molecule has 0 spiro atoms. The molecule has 0 radical (unpaired) electrons. The molecule has 1 rings (SSSR count). The molecular formula is C18H31N4O2+. The lowest BCUT2D eigenvalue weighted by molar-refractivity contribution is -0.904. The molecule has 0 bridgehead atoms. The van der Waals surface area contributed by atoms with Crippen LogP contribution in [-0.2, 0) is 11.3 Å². The number of carbonyl (C=O) groups is 2. The summed E-state index contributed by atoms with van der Waals surface area (Å²) in [6.45, 7) is 9.48.